The average molecular weight is 398 g/mol. The van der Waals surface area contributed by atoms with E-state index in [0.29, 0.717) is 30.6 Å². The van der Waals surface area contributed by atoms with E-state index in [-0.39, 0.29) is 4.90 Å². The number of hydrogen-bond donors (Lipinski definition) is 1. The predicted molar refractivity (Wildman–Crippen MR) is 106 cm³/mol. The number of fused-ring (bicyclic) bond motifs is 1. The fourth-order valence-electron chi connectivity index (χ4n) is 3.60. The minimum absolute atomic E-state index is 0.289. The first kappa shape index (κ1) is 18.6. The molecule has 3 aromatic rings. The fourth-order valence-corrected chi connectivity index (χ4v) is 5.13. The number of nitrogens with two attached hydrogens (primary N) is 1. The highest BCUT2D eigenvalue weighted by Crippen LogP contribution is 2.25. The number of amides is 1. The van der Waals surface area contributed by atoms with Gasteiger partial charge in [0.05, 0.1) is 15.9 Å². The molecule has 146 valence electrons. The Labute approximate surface area is 163 Å². The van der Waals surface area contributed by atoms with Crippen LogP contribution < -0.4 is 5.73 Å². The van der Waals surface area contributed by atoms with Crippen molar-refractivity contribution in [3.05, 3.63) is 59.4 Å². The molecule has 2 heterocycles. The molecule has 28 heavy (non-hydrogen) atoms. The van der Waals surface area contributed by atoms with Crippen molar-refractivity contribution >= 4 is 27.0 Å². The van der Waals surface area contributed by atoms with E-state index in [1.807, 2.05) is 29.8 Å². The molecule has 1 aromatic heterocycles. The third-order valence-corrected chi connectivity index (χ3v) is 7.14. The van der Waals surface area contributed by atoms with Gasteiger partial charge in [0.15, 0.2) is 0 Å². The molecule has 1 aliphatic rings. The normalized spacial score (nSPS) is 15.3. The van der Waals surface area contributed by atoms with Crippen molar-refractivity contribution in [3.8, 4) is 0 Å². The molecular weight excluding hydrogens is 376 g/mol. The lowest BCUT2D eigenvalue weighted by atomic mass is 10.1. The number of rotatable bonds is 5. The van der Waals surface area contributed by atoms with E-state index in [1.165, 1.54) is 4.31 Å². The van der Waals surface area contributed by atoms with Crippen LogP contribution in [0.1, 0.15) is 34.6 Å². The number of imidazole rings is 1. The topological polar surface area (TPSA) is 98.3 Å². The number of sulfonamides is 1. The van der Waals surface area contributed by atoms with Gasteiger partial charge >= 0.3 is 0 Å². The molecule has 1 aliphatic heterocycles. The van der Waals surface area contributed by atoms with E-state index >= 15 is 0 Å². The van der Waals surface area contributed by atoms with Crippen LogP contribution in [0, 0.1) is 0 Å². The quantitative estimate of drug-likeness (QED) is 0.711. The summed E-state index contributed by atoms with van der Waals surface area (Å²) in [5.74, 6) is 0.360. The van der Waals surface area contributed by atoms with Crippen molar-refractivity contribution in [2.24, 2.45) is 12.8 Å². The van der Waals surface area contributed by atoms with Crippen LogP contribution in [-0.4, -0.2) is 41.3 Å². The van der Waals surface area contributed by atoms with Crippen LogP contribution >= 0.6 is 0 Å². The lowest BCUT2D eigenvalue weighted by Gasteiger charge is -2.15. The van der Waals surface area contributed by atoms with Crippen molar-refractivity contribution in [1.82, 2.24) is 13.9 Å². The highest BCUT2D eigenvalue weighted by molar-refractivity contribution is 7.89. The summed E-state index contributed by atoms with van der Waals surface area (Å²) in [4.78, 5) is 16.1. The van der Waals surface area contributed by atoms with E-state index < -0.39 is 15.9 Å². The number of aromatic nitrogens is 2. The van der Waals surface area contributed by atoms with E-state index in [9.17, 15) is 13.2 Å². The Hall–Kier alpha value is -2.71. The minimum atomic E-state index is -3.47. The molecule has 7 nitrogen and oxygen atoms in total. The number of carbonyl (C=O) groups is 1. The molecule has 0 bridgehead atoms. The summed E-state index contributed by atoms with van der Waals surface area (Å²) in [6.45, 7) is 1.16. The van der Waals surface area contributed by atoms with Gasteiger partial charge in [0.1, 0.15) is 5.82 Å². The van der Waals surface area contributed by atoms with E-state index in [4.69, 9.17) is 5.73 Å². The molecule has 1 fully saturated rings. The van der Waals surface area contributed by atoms with Gasteiger partial charge in [-0.25, -0.2) is 13.4 Å². The molecule has 0 radical (unpaired) electrons. The maximum atomic E-state index is 12.8. The highest BCUT2D eigenvalue weighted by atomic mass is 32.2. The van der Waals surface area contributed by atoms with Crippen molar-refractivity contribution in [3.63, 3.8) is 0 Å². The Bertz CT molecular complexity index is 1140. The third kappa shape index (κ3) is 3.29. The van der Waals surface area contributed by atoms with Crippen LogP contribution in [0.5, 0.6) is 0 Å². The van der Waals surface area contributed by atoms with Gasteiger partial charge in [-0.2, -0.15) is 4.31 Å². The lowest BCUT2D eigenvalue weighted by Crippen LogP contribution is -2.27. The van der Waals surface area contributed by atoms with Crippen LogP contribution in [-0.2, 0) is 23.5 Å². The minimum Gasteiger partial charge on any atom is -0.366 e. The second-order valence-electron chi connectivity index (χ2n) is 7.09. The van der Waals surface area contributed by atoms with Crippen LogP contribution in [0.15, 0.2) is 47.4 Å². The van der Waals surface area contributed by atoms with Crippen LogP contribution in [0.2, 0.25) is 0 Å². The molecule has 4 rings (SSSR count). The number of carbonyl (C=O) groups excluding carboxylic acids is 1. The van der Waals surface area contributed by atoms with Crippen LogP contribution in [0.3, 0.4) is 0 Å². The molecule has 2 aromatic carbocycles. The number of aryl methyl sites for hydroxylation is 1. The summed E-state index contributed by atoms with van der Waals surface area (Å²) in [6, 6.07) is 12.2. The van der Waals surface area contributed by atoms with E-state index in [1.54, 1.807) is 24.3 Å². The van der Waals surface area contributed by atoms with Crippen molar-refractivity contribution in [1.29, 1.82) is 0 Å². The molecular formula is C20H22N4O3S. The Balaban J connectivity index is 1.65. The van der Waals surface area contributed by atoms with Gasteiger partial charge < -0.3 is 10.3 Å². The fraction of sp³-hybridized carbons (Fsp3) is 0.300. The predicted octanol–water partition coefficient (Wildman–Crippen LogP) is 2.05. The van der Waals surface area contributed by atoms with E-state index in [0.717, 1.165) is 29.7 Å². The first-order valence-corrected chi connectivity index (χ1v) is 10.6. The van der Waals surface area contributed by atoms with Gasteiger partial charge in [0.2, 0.25) is 15.9 Å². The molecule has 1 saturated heterocycles. The monoisotopic (exact) mass is 398 g/mol. The lowest BCUT2D eigenvalue weighted by molar-refractivity contribution is 0.100. The summed E-state index contributed by atoms with van der Waals surface area (Å²) < 4.78 is 29.1. The Morgan fingerprint density at radius 2 is 1.79 bits per heavy atom. The largest absolute Gasteiger partial charge is 0.366 e. The molecule has 0 aliphatic carbocycles. The summed E-state index contributed by atoms with van der Waals surface area (Å²) in [6.07, 6.45) is 2.38. The smallest absolute Gasteiger partial charge is 0.248 e. The van der Waals surface area contributed by atoms with Gasteiger partial charge in [-0.05, 0) is 48.7 Å². The summed E-state index contributed by atoms with van der Waals surface area (Å²) in [5, 5.41) is 0. The zero-order valence-corrected chi connectivity index (χ0v) is 16.4. The van der Waals surface area contributed by atoms with Gasteiger partial charge in [-0.15, -0.1) is 0 Å². The molecule has 0 atom stereocenters. The van der Waals surface area contributed by atoms with Crippen LogP contribution in [0.4, 0.5) is 0 Å². The maximum absolute atomic E-state index is 12.8. The molecule has 0 unspecified atom stereocenters. The number of nitrogens with zero attached hydrogens (tertiary/aromatic N) is 3. The van der Waals surface area contributed by atoms with Crippen molar-refractivity contribution in [2.45, 2.75) is 24.2 Å². The number of hydrogen-bond acceptors (Lipinski definition) is 4. The standard InChI is InChI=1S/C20H22N4O3S/c1-23-18-9-8-16(28(26,27)24-10-2-3-11-24)13-17(18)22-19(23)12-14-4-6-15(7-5-14)20(21)25/h4-9,13H,2-3,10-12H2,1H3,(H2,21,25). The first-order valence-electron chi connectivity index (χ1n) is 9.20. The zero-order valence-electron chi connectivity index (χ0n) is 15.6. The third-order valence-electron chi connectivity index (χ3n) is 5.25. The zero-order chi connectivity index (χ0) is 19.9. The highest BCUT2D eigenvalue weighted by Gasteiger charge is 2.27. The Kier molecular flexibility index (Phi) is 4.68. The molecule has 2 N–H and O–H groups in total. The summed E-state index contributed by atoms with van der Waals surface area (Å²) >= 11 is 0. The Morgan fingerprint density at radius 3 is 2.43 bits per heavy atom. The molecule has 0 spiro atoms. The van der Waals surface area contributed by atoms with Gasteiger partial charge in [-0.1, -0.05) is 12.1 Å². The Morgan fingerprint density at radius 1 is 1.11 bits per heavy atom. The van der Waals surface area contributed by atoms with E-state index in [2.05, 4.69) is 4.98 Å². The van der Waals surface area contributed by atoms with Crippen LogP contribution in [0.25, 0.3) is 11.0 Å². The number of primary amides is 1. The van der Waals surface area contributed by atoms with Gasteiger partial charge in [0, 0.05) is 32.1 Å². The summed E-state index contributed by atoms with van der Waals surface area (Å²) in [5.41, 5.74) is 8.27. The van der Waals surface area contributed by atoms with Gasteiger partial charge in [0.25, 0.3) is 0 Å². The first-order chi connectivity index (χ1) is 13.4. The van der Waals surface area contributed by atoms with Gasteiger partial charge in [-0.3, -0.25) is 4.79 Å². The molecule has 1 amide bonds. The second kappa shape index (κ2) is 7.03. The SMILES string of the molecule is Cn1c(Cc2ccc(C(N)=O)cc2)nc2cc(S(=O)(=O)N3CCCC3)ccc21. The molecule has 0 saturated carbocycles. The second-order valence-corrected chi connectivity index (χ2v) is 9.02. The van der Waals surface area contributed by atoms with Crippen molar-refractivity contribution < 1.29 is 13.2 Å². The average Bonchev–Trinajstić information content (AvgIpc) is 3.32. The summed E-state index contributed by atoms with van der Waals surface area (Å²) in [7, 11) is -1.55. The van der Waals surface area contributed by atoms with Crippen molar-refractivity contribution in [2.75, 3.05) is 13.1 Å². The maximum Gasteiger partial charge on any atom is 0.248 e. The molecule has 8 heteroatoms. The number of benzene rings is 2.